The summed E-state index contributed by atoms with van der Waals surface area (Å²) in [6.45, 7) is 4.11. The standard InChI is InChI=1S/C39H77N2O6P/c1-3-5-7-9-11-13-15-16-17-18-19-20-21-23-25-27-29-31-33-39(43)41-37(36-47-48(44,45)46-35-34-40)38(42)32-30-28-26-24-22-14-12-10-8-6-4-2/h17-18,30,32,37-38,42H,3-16,19-29,31,33-36,40H2,1-2H3,(H,41,43)(H,44,45)/b18-17-,32-30+. The van der Waals surface area contributed by atoms with Gasteiger partial charge in [-0.15, -0.1) is 0 Å². The highest BCUT2D eigenvalue weighted by molar-refractivity contribution is 7.47. The summed E-state index contributed by atoms with van der Waals surface area (Å²) in [5.41, 5.74) is 5.35. The lowest BCUT2D eigenvalue weighted by molar-refractivity contribution is -0.123. The molecule has 3 atom stereocenters. The molecular weight excluding hydrogens is 623 g/mol. The molecule has 8 nitrogen and oxygen atoms in total. The van der Waals surface area contributed by atoms with Crippen molar-refractivity contribution in [2.45, 2.75) is 199 Å². The lowest BCUT2D eigenvalue weighted by Crippen LogP contribution is -2.45. The number of rotatable bonds is 37. The number of phosphoric acid groups is 1. The summed E-state index contributed by atoms with van der Waals surface area (Å²) in [4.78, 5) is 22.6. The number of amides is 1. The summed E-state index contributed by atoms with van der Waals surface area (Å²) in [6, 6.07) is -0.858. The molecule has 0 spiro atoms. The van der Waals surface area contributed by atoms with Crippen molar-refractivity contribution < 1.29 is 28.4 Å². The molecule has 0 saturated heterocycles. The average Bonchev–Trinajstić information content (AvgIpc) is 3.07. The van der Waals surface area contributed by atoms with Crippen LogP contribution in [0.5, 0.6) is 0 Å². The van der Waals surface area contributed by atoms with Crippen LogP contribution in [-0.2, 0) is 18.4 Å². The molecule has 284 valence electrons. The van der Waals surface area contributed by atoms with Crippen LogP contribution in [-0.4, -0.2) is 47.8 Å². The summed E-state index contributed by atoms with van der Waals surface area (Å²) in [5.74, 6) is -0.200. The molecule has 0 aromatic carbocycles. The van der Waals surface area contributed by atoms with Crippen molar-refractivity contribution in [1.82, 2.24) is 5.32 Å². The van der Waals surface area contributed by atoms with Crippen molar-refractivity contribution in [2.75, 3.05) is 19.8 Å². The maximum absolute atomic E-state index is 12.7. The number of carbonyl (C=O) groups is 1. The molecule has 48 heavy (non-hydrogen) atoms. The van der Waals surface area contributed by atoms with Gasteiger partial charge in [-0.1, -0.05) is 160 Å². The largest absolute Gasteiger partial charge is 0.472 e. The van der Waals surface area contributed by atoms with E-state index in [0.717, 1.165) is 38.5 Å². The summed E-state index contributed by atoms with van der Waals surface area (Å²) in [6.07, 6.45) is 39.3. The SMILES string of the molecule is CCCCCCCCC/C=C\CCCCCCCCCC(=O)NC(COP(=O)(O)OCCN)C(O)/C=C/CCCCCCCCCCC. The van der Waals surface area contributed by atoms with E-state index >= 15 is 0 Å². The van der Waals surface area contributed by atoms with Gasteiger partial charge < -0.3 is 21.1 Å². The van der Waals surface area contributed by atoms with Crippen molar-refractivity contribution in [3.05, 3.63) is 24.3 Å². The van der Waals surface area contributed by atoms with E-state index in [0.29, 0.717) is 6.42 Å². The molecule has 9 heteroatoms. The number of nitrogens with two attached hydrogens (primary N) is 1. The monoisotopic (exact) mass is 701 g/mol. The number of unbranched alkanes of at least 4 members (excludes halogenated alkanes) is 23. The Morgan fingerprint density at radius 2 is 1.08 bits per heavy atom. The number of hydrogen-bond donors (Lipinski definition) is 4. The third kappa shape index (κ3) is 33.5. The van der Waals surface area contributed by atoms with E-state index in [9.17, 15) is 19.4 Å². The fraction of sp³-hybridized carbons (Fsp3) is 0.872. The number of aliphatic hydroxyl groups is 1. The molecule has 0 aliphatic heterocycles. The average molecular weight is 701 g/mol. The van der Waals surface area contributed by atoms with Crippen LogP contribution in [0.4, 0.5) is 0 Å². The van der Waals surface area contributed by atoms with Crippen molar-refractivity contribution in [2.24, 2.45) is 5.73 Å². The minimum atomic E-state index is -4.33. The summed E-state index contributed by atoms with van der Waals surface area (Å²) in [5, 5.41) is 13.6. The third-order valence-corrected chi connectivity index (χ3v) is 9.76. The zero-order valence-electron chi connectivity index (χ0n) is 31.2. The minimum absolute atomic E-state index is 0.0784. The van der Waals surface area contributed by atoms with E-state index in [4.69, 9.17) is 14.8 Å². The molecule has 1 amide bonds. The first-order valence-corrected chi connectivity index (χ1v) is 21.5. The van der Waals surface area contributed by atoms with E-state index in [1.807, 2.05) is 6.08 Å². The van der Waals surface area contributed by atoms with Gasteiger partial charge in [-0.25, -0.2) is 4.57 Å². The number of nitrogens with one attached hydrogen (secondary N) is 1. The number of hydrogen-bond acceptors (Lipinski definition) is 6. The highest BCUT2D eigenvalue weighted by Crippen LogP contribution is 2.43. The third-order valence-electron chi connectivity index (χ3n) is 8.77. The first kappa shape index (κ1) is 47.0. The second-order valence-corrected chi connectivity index (χ2v) is 14.9. The van der Waals surface area contributed by atoms with E-state index < -0.39 is 20.0 Å². The van der Waals surface area contributed by atoms with Crippen LogP contribution in [0.2, 0.25) is 0 Å². The number of allylic oxidation sites excluding steroid dienone is 3. The molecule has 0 rings (SSSR count). The van der Waals surface area contributed by atoms with E-state index in [1.165, 1.54) is 128 Å². The van der Waals surface area contributed by atoms with Gasteiger partial charge in [0.2, 0.25) is 5.91 Å². The van der Waals surface area contributed by atoms with Crippen molar-refractivity contribution >= 4 is 13.7 Å². The molecular formula is C39H77N2O6P. The molecule has 5 N–H and O–H groups in total. The quantitative estimate of drug-likeness (QED) is 0.0288. The summed E-state index contributed by atoms with van der Waals surface area (Å²) in [7, 11) is -4.33. The Balaban J connectivity index is 4.22. The molecule has 0 saturated carbocycles. The van der Waals surface area contributed by atoms with E-state index in [2.05, 4.69) is 31.3 Å². The predicted octanol–water partition coefficient (Wildman–Crippen LogP) is 10.6. The van der Waals surface area contributed by atoms with Crippen LogP contribution >= 0.6 is 7.82 Å². The smallest absolute Gasteiger partial charge is 0.387 e. The van der Waals surface area contributed by atoms with Crippen LogP contribution in [0.1, 0.15) is 187 Å². The molecule has 0 aromatic rings. The van der Waals surface area contributed by atoms with Gasteiger partial charge in [-0.3, -0.25) is 13.8 Å². The van der Waals surface area contributed by atoms with E-state index in [1.54, 1.807) is 6.08 Å². The fourth-order valence-electron chi connectivity index (χ4n) is 5.71. The van der Waals surface area contributed by atoms with Crippen LogP contribution in [0.3, 0.4) is 0 Å². The molecule has 0 fully saturated rings. The molecule has 0 aliphatic rings. The van der Waals surface area contributed by atoms with Gasteiger partial charge >= 0.3 is 7.82 Å². The zero-order valence-corrected chi connectivity index (χ0v) is 32.1. The Labute approximate surface area is 296 Å². The Morgan fingerprint density at radius 3 is 1.54 bits per heavy atom. The number of aliphatic hydroxyl groups excluding tert-OH is 1. The molecule has 0 aromatic heterocycles. The van der Waals surface area contributed by atoms with Crippen LogP contribution in [0.25, 0.3) is 0 Å². The molecule has 0 bridgehead atoms. The Morgan fingerprint density at radius 1 is 0.667 bits per heavy atom. The summed E-state index contributed by atoms with van der Waals surface area (Å²) < 4.78 is 22.0. The second-order valence-electron chi connectivity index (χ2n) is 13.5. The Hall–Kier alpha value is -1.02. The highest BCUT2D eigenvalue weighted by Gasteiger charge is 2.26. The lowest BCUT2D eigenvalue weighted by Gasteiger charge is -2.23. The van der Waals surface area contributed by atoms with Gasteiger partial charge in [0.15, 0.2) is 0 Å². The van der Waals surface area contributed by atoms with Gasteiger partial charge in [0.05, 0.1) is 25.4 Å². The van der Waals surface area contributed by atoms with Gasteiger partial charge in [0.1, 0.15) is 0 Å². The molecule has 0 aliphatic carbocycles. The normalized spacial score (nSPS) is 14.5. The van der Waals surface area contributed by atoms with Crippen molar-refractivity contribution in [3.63, 3.8) is 0 Å². The van der Waals surface area contributed by atoms with Gasteiger partial charge in [-0.2, -0.15) is 0 Å². The first-order chi connectivity index (χ1) is 23.4. The Bertz CT molecular complexity index is 809. The topological polar surface area (TPSA) is 131 Å². The predicted molar refractivity (Wildman–Crippen MR) is 203 cm³/mol. The maximum atomic E-state index is 12.7. The number of carbonyl (C=O) groups excluding carboxylic acids is 1. The van der Waals surface area contributed by atoms with Crippen molar-refractivity contribution in [1.29, 1.82) is 0 Å². The lowest BCUT2D eigenvalue weighted by atomic mass is 10.1. The maximum Gasteiger partial charge on any atom is 0.472 e. The fourth-order valence-corrected chi connectivity index (χ4v) is 6.47. The summed E-state index contributed by atoms with van der Waals surface area (Å²) >= 11 is 0. The van der Waals surface area contributed by atoms with Crippen LogP contribution < -0.4 is 11.1 Å². The van der Waals surface area contributed by atoms with Gasteiger partial charge in [-0.05, 0) is 44.9 Å². The van der Waals surface area contributed by atoms with Crippen LogP contribution in [0.15, 0.2) is 24.3 Å². The molecule has 0 radical (unpaired) electrons. The van der Waals surface area contributed by atoms with Crippen molar-refractivity contribution in [3.8, 4) is 0 Å². The van der Waals surface area contributed by atoms with Gasteiger partial charge in [0, 0.05) is 13.0 Å². The number of phosphoric ester groups is 1. The zero-order chi connectivity index (χ0) is 35.4. The van der Waals surface area contributed by atoms with E-state index in [-0.39, 0.29) is 25.7 Å². The Kier molecular flexibility index (Phi) is 35.0. The highest BCUT2D eigenvalue weighted by atomic mass is 31.2. The van der Waals surface area contributed by atoms with Crippen LogP contribution in [0, 0.1) is 0 Å². The van der Waals surface area contributed by atoms with Gasteiger partial charge in [0.25, 0.3) is 0 Å². The molecule has 3 unspecified atom stereocenters. The second kappa shape index (κ2) is 35.8. The first-order valence-electron chi connectivity index (χ1n) is 20.0. The molecule has 0 heterocycles. The minimum Gasteiger partial charge on any atom is -0.387 e.